The molecule has 6 aromatic rings. The normalized spacial score (nSPS) is 19.0. The van der Waals surface area contributed by atoms with Gasteiger partial charge in [-0.05, 0) is 187 Å². The summed E-state index contributed by atoms with van der Waals surface area (Å²) in [6, 6.07) is 44.3. The number of carbonyl (C=O) groups is 5. The van der Waals surface area contributed by atoms with E-state index in [2.05, 4.69) is 114 Å². The molecular formula is C84H108F8N6O9Si2. The van der Waals surface area contributed by atoms with Crippen LogP contribution in [0, 0.1) is 11.8 Å². The van der Waals surface area contributed by atoms with E-state index in [4.69, 9.17) is 24.1 Å². The summed E-state index contributed by atoms with van der Waals surface area (Å²) in [5.41, 5.74) is -0.611. The zero-order valence-electron chi connectivity index (χ0n) is 65.3. The number of halogens is 8. The number of fused-ring (bicyclic) bond motifs is 2. The largest absolute Gasteiger partial charge is 0.476 e. The van der Waals surface area contributed by atoms with Crippen LogP contribution in [0.15, 0.2) is 146 Å². The zero-order valence-corrected chi connectivity index (χ0v) is 67.3. The lowest BCUT2D eigenvalue weighted by Crippen LogP contribution is -2.66. The molecular weight excluding hydrogens is 1450 g/mol. The number of alkyl halides is 8. The summed E-state index contributed by atoms with van der Waals surface area (Å²) in [7, 11) is -5.40. The first kappa shape index (κ1) is 85.0. The number of anilines is 2. The van der Waals surface area contributed by atoms with Crippen LogP contribution in [0.25, 0.3) is 0 Å². The second-order valence-corrected chi connectivity index (χ2v) is 41.4. The van der Waals surface area contributed by atoms with E-state index in [1.165, 1.54) is 64.3 Å². The second kappa shape index (κ2) is 34.3. The maximum absolute atomic E-state index is 14.7. The summed E-state index contributed by atoms with van der Waals surface area (Å²) in [4.78, 5) is 72.4. The molecule has 2 heterocycles. The third-order valence-corrected chi connectivity index (χ3v) is 31.9. The maximum Gasteiger partial charge on any atom is 0.417 e. The standard InChI is InChI=1S/C43H54F5N3O5Si.C41H54F3N3O4Si/c1-28(2)51(30-20-18-29(19-21-30)22-25-55-57(41(3,4)5,31-14-10-8-11-15-31)32-16-12-9-13-17-32)39(53)33-26-35-36(27-34(33)43(46,47)48)56-42(6,7)40(54)50(35)24-23-49-38(52)37(44)45;1-28(2)47(37(48)33-26-35-36(27-34(33)41(42,43)44)51-40(6,7)38(49)46(35)24-23-45)30-20-18-29(19-21-30)22-25-50-52(39(3,4)5,31-14-10-8-11-15-31)32-16-12-9-13-17-32/h8-17,26-30,37H,18-25H2,1-7H3,(H,49,52);8-17,26-30H,18-25,45H2,1-7H3. The van der Waals surface area contributed by atoms with Gasteiger partial charge in [-0.15, -0.1) is 0 Å². The van der Waals surface area contributed by atoms with Gasteiger partial charge in [0.15, 0.2) is 11.2 Å². The maximum atomic E-state index is 14.7. The summed E-state index contributed by atoms with van der Waals surface area (Å²) in [6.45, 7) is 27.0. The van der Waals surface area contributed by atoms with E-state index in [0.717, 1.165) is 61.6 Å². The van der Waals surface area contributed by atoms with Gasteiger partial charge in [0.25, 0.3) is 46.2 Å². The van der Waals surface area contributed by atoms with Crippen LogP contribution in [0.3, 0.4) is 0 Å². The van der Waals surface area contributed by atoms with Crippen molar-refractivity contribution in [3.8, 4) is 11.5 Å². The first-order chi connectivity index (χ1) is 51.1. The molecule has 2 fully saturated rings. The molecule has 2 saturated carbocycles. The fourth-order valence-electron chi connectivity index (χ4n) is 16.6. The Balaban J connectivity index is 0.000000252. The van der Waals surface area contributed by atoms with E-state index >= 15 is 0 Å². The van der Waals surface area contributed by atoms with Crippen molar-refractivity contribution in [3.63, 3.8) is 0 Å². The predicted octanol–water partition coefficient (Wildman–Crippen LogP) is 15.5. The van der Waals surface area contributed by atoms with Crippen molar-refractivity contribution >= 4 is 78.3 Å². The molecule has 3 N–H and O–H groups in total. The molecule has 0 unspecified atom stereocenters. The number of nitrogens with two attached hydrogens (primary N) is 1. The van der Waals surface area contributed by atoms with Crippen LogP contribution in [-0.2, 0) is 35.6 Å². The van der Waals surface area contributed by atoms with E-state index in [1.54, 1.807) is 18.7 Å². The Labute approximate surface area is 639 Å². The van der Waals surface area contributed by atoms with Crippen LogP contribution in [0.2, 0.25) is 10.1 Å². The van der Waals surface area contributed by atoms with Gasteiger partial charge >= 0.3 is 18.8 Å². The van der Waals surface area contributed by atoms with Crippen LogP contribution < -0.4 is 51.1 Å². The molecule has 0 aromatic heterocycles. The monoisotopic (exact) mass is 1550 g/mol. The Hall–Kier alpha value is -7.98. The highest BCUT2D eigenvalue weighted by Gasteiger charge is 2.53. The van der Waals surface area contributed by atoms with Gasteiger partial charge in [-0.3, -0.25) is 24.0 Å². The van der Waals surface area contributed by atoms with E-state index in [1.807, 2.05) is 67.7 Å². The molecule has 109 heavy (non-hydrogen) atoms. The van der Waals surface area contributed by atoms with Crippen molar-refractivity contribution in [2.45, 2.75) is 225 Å². The first-order valence-electron chi connectivity index (χ1n) is 38.0. The average Bonchev–Trinajstić information content (AvgIpc) is 0.751. The number of benzene rings is 6. The predicted molar refractivity (Wildman–Crippen MR) is 416 cm³/mol. The molecule has 0 bridgehead atoms. The molecule has 10 rings (SSSR count). The number of hydrogen-bond donors (Lipinski definition) is 2. The number of nitrogens with one attached hydrogen (secondary N) is 1. The zero-order chi connectivity index (χ0) is 80.0. The molecule has 0 spiro atoms. The minimum absolute atomic E-state index is 0.0787. The fraction of sp³-hybridized carbons (Fsp3) is 0.512. The molecule has 0 radical (unpaired) electrons. The summed E-state index contributed by atoms with van der Waals surface area (Å²) >= 11 is 0. The van der Waals surface area contributed by atoms with Gasteiger partial charge in [-0.25, -0.2) is 0 Å². The summed E-state index contributed by atoms with van der Waals surface area (Å²) < 4.78 is 139. The molecule has 25 heteroatoms. The summed E-state index contributed by atoms with van der Waals surface area (Å²) in [6.07, 6.45) is -5.67. The van der Waals surface area contributed by atoms with Crippen LogP contribution in [0.1, 0.15) is 193 Å². The molecule has 0 atom stereocenters. The Morgan fingerprint density at radius 1 is 0.523 bits per heavy atom. The van der Waals surface area contributed by atoms with Crippen molar-refractivity contribution in [1.82, 2.24) is 15.1 Å². The molecule has 0 saturated heterocycles. The second-order valence-electron chi connectivity index (χ2n) is 32.8. The Morgan fingerprint density at radius 3 is 1.11 bits per heavy atom. The number of nitrogens with zero attached hydrogens (tertiary/aromatic N) is 4. The molecule has 592 valence electrons. The average molecular weight is 1550 g/mol. The minimum atomic E-state index is -4.95. The van der Waals surface area contributed by atoms with Gasteiger partial charge in [0.05, 0.1) is 33.6 Å². The molecule has 15 nitrogen and oxygen atoms in total. The fourth-order valence-corrected chi connectivity index (χ4v) is 25.8. The highest BCUT2D eigenvalue weighted by atomic mass is 28.4. The van der Waals surface area contributed by atoms with Crippen LogP contribution in [0.4, 0.5) is 46.5 Å². The lowest BCUT2D eigenvalue weighted by molar-refractivity contribution is -0.139. The third-order valence-electron chi connectivity index (χ3n) is 21.8. The van der Waals surface area contributed by atoms with Gasteiger partial charge in [0.2, 0.25) is 0 Å². The van der Waals surface area contributed by atoms with Gasteiger partial charge in [-0.1, -0.05) is 163 Å². The summed E-state index contributed by atoms with van der Waals surface area (Å²) in [5, 5.41) is 6.57. The van der Waals surface area contributed by atoms with Gasteiger partial charge < -0.3 is 49.0 Å². The van der Waals surface area contributed by atoms with Crippen molar-refractivity contribution in [3.05, 3.63) is 168 Å². The van der Waals surface area contributed by atoms with Crippen molar-refractivity contribution in [2.24, 2.45) is 17.6 Å². The minimum Gasteiger partial charge on any atom is -0.476 e. The first-order valence-corrected chi connectivity index (χ1v) is 41.9. The van der Waals surface area contributed by atoms with E-state index < -0.39 is 111 Å². The third kappa shape index (κ3) is 18.6. The molecule has 6 aromatic carbocycles. The smallest absolute Gasteiger partial charge is 0.417 e. The number of amides is 5. The molecule has 2 aliphatic carbocycles. The van der Waals surface area contributed by atoms with Gasteiger partial charge in [0.1, 0.15) is 11.5 Å². The SMILES string of the molecule is CC(C)N(C(=O)c1cc2c(cc1C(F)(F)F)OC(C)(C)C(=O)N2CCN)C1CCC(CCO[Si](c2ccccc2)(c2ccccc2)C(C)(C)C)CC1.CC(C)N(C(=O)c1cc2c(cc1C(F)(F)F)OC(C)(C)C(=O)N2CCNC(=O)C(F)F)C1CCC(CCO[Si](c2ccccc2)(c2ccccc2)C(C)(C)C)CC1. The van der Waals surface area contributed by atoms with E-state index in [0.29, 0.717) is 50.7 Å². The Bertz CT molecular complexity index is 4020. The molecule has 5 amide bonds. The number of hydrogen-bond acceptors (Lipinski definition) is 10. The van der Waals surface area contributed by atoms with Gasteiger partial charge in [0, 0.05) is 63.6 Å². The highest BCUT2D eigenvalue weighted by Crippen LogP contribution is 2.48. The van der Waals surface area contributed by atoms with Crippen LogP contribution in [-0.4, -0.2) is 137 Å². The van der Waals surface area contributed by atoms with Gasteiger partial charge in [-0.2, -0.15) is 35.1 Å². The topological polar surface area (TPSA) is 173 Å². The quantitative estimate of drug-likeness (QED) is 0.0439. The highest BCUT2D eigenvalue weighted by molar-refractivity contribution is 7.00. The van der Waals surface area contributed by atoms with Crippen molar-refractivity contribution < 1.29 is 77.4 Å². The lowest BCUT2D eigenvalue weighted by Gasteiger charge is -2.44. The molecule has 4 aliphatic rings. The Morgan fingerprint density at radius 2 is 0.835 bits per heavy atom. The number of ether oxygens (including phenoxy) is 2. The van der Waals surface area contributed by atoms with Crippen LogP contribution in [0.5, 0.6) is 11.5 Å². The lowest BCUT2D eigenvalue weighted by atomic mass is 9.83. The molecule has 2 aliphatic heterocycles. The van der Waals surface area contributed by atoms with Crippen molar-refractivity contribution in [1.29, 1.82) is 0 Å². The summed E-state index contributed by atoms with van der Waals surface area (Å²) in [5.74, 6) is -3.91. The number of rotatable bonds is 24. The van der Waals surface area contributed by atoms with E-state index in [-0.39, 0.29) is 70.7 Å². The number of carbonyl (C=O) groups excluding carboxylic acids is 5. The van der Waals surface area contributed by atoms with E-state index in [9.17, 15) is 59.1 Å². The van der Waals surface area contributed by atoms with Crippen molar-refractivity contribution in [2.75, 3.05) is 49.2 Å². The Kier molecular flexibility index (Phi) is 26.8. The van der Waals surface area contributed by atoms with Crippen LogP contribution >= 0.6 is 0 Å².